The van der Waals surface area contributed by atoms with Crippen LogP contribution in [0.1, 0.15) is 31.0 Å². The predicted octanol–water partition coefficient (Wildman–Crippen LogP) is 2.33. The Morgan fingerprint density at radius 2 is 2.24 bits per heavy atom. The van der Waals surface area contributed by atoms with Crippen LogP contribution in [0.15, 0.2) is 18.2 Å². The van der Waals surface area contributed by atoms with E-state index in [-0.39, 0.29) is 12.6 Å². The lowest BCUT2D eigenvalue weighted by Crippen LogP contribution is -2.06. The van der Waals surface area contributed by atoms with Crippen LogP contribution in [0.3, 0.4) is 0 Å². The fourth-order valence-electron chi connectivity index (χ4n) is 1.54. The number of benzene rings is 1. The van der Waals surface area contributed by atoms with E-state index >= 15 is 0 Å². The molecule has 0 radical (unpaired) electrons. The van der Waals surface area contributed by atoms with Gasteiger partial charge in [0.05, 0.1) is 13.2 Å². The molecule has 1 aromatic carbocycles. The summed E-state index contributed by atoms with van der Waals surface area (Å²) in [5.41, 5.74) is 8.15. The number of rotatable bonds is 7. The van der Waals surface area contributed by atoms with Gasteiger partial charge in [0.1, 0.15) is 5.75 Å². The second-order valence-corrected chi connectivity index (χ2v) is 4.97. The first-order chi connectivity index (χ1) is 8.19. The number of aliphatic hydroxyl groups excluding tert-OH is 1. The molecule has 0 saturated heterocycles. The number of aliphatic hydroxyl groups is 1. The minimum Gasteiger partial charge on any atom is -0.494 e. The molecule has 1 atom stereocenters. The first-order valence-corrected chi connectivity index (χ1v) is 7.04. The summed E-state index contributed by atoms with van der Waals surface area (Å²) in [6, 6.07) is 6.12. The van der Waals surface area contributed by atoms with Crippen molar-refractivity contribution >= 4 is 11.8 Å². The quantitative estimate of drug-likeness (QED) is 0.734. The highest BCUT2D eigenvalue weighted by Crippen LogP contribution is 2.26. The molecule has 0 saturated carbocycles. The Hall–Kier alpha value is -0.710. The van der Waals surface area contributed by atoms with Crippen LogP contribution in [0, 0.1) is 0 Å². The van der Waals surface area contributed by atoms with Crippen molar-refractivity contribution in [3.8, 4) is 5.75 Å². The van der Waals surface area contributed by atoms with Crippen LogP contribution in [0.2, 0.25) is 0 Å². The third kappa shape index (κ3) is 4.58. The average Bonchev–Trinajstić information content (AvgIpc) is 2.31. The molecule has 0 fully saturated rings. The summed E-state index contributed by atoms with van der Waals surface area (Å²) in [6.07, 6.45) is 0. The second kappa shape index (κ2) is 7.58. The predicted molar refractivity (Wildman–Crippen MR) is 73.5 cm³/mol. The lowest BCUT2D eigenvalue weighted by molar-refractivity contribution is 0.322. The monoisotopic (exact) mass is 255 g/mol. The van der Waals surface area contributed by atoms with Crippen LogP contribution in [0.4, 0.5) is 0 Å². The number of nitrogens with two attached hydrogens (primary N) is 1. The molecular weight excluding hydrogens is 234 g/mol. The molecule has 1 unspecified atom stereocenters. The molecule has 0 aromatic heterocycles. The molecule has 0 heterocycles. The Balaban J connectivity index is 2.82. The van der Waals surface area contributed by atoms with Crippen LogP contribution in [-0.2, 0) is 5.75 Å². The topological polar surface area (TPSA) is 55.5 Å². The molecule has 0 spiro atoms. The van der Waals surface area contributed by atoms with E-state index in [4.69, 9.17) is 15.6 Å². The summed E-state index contributed by atoms with van der Waals surface area (Å²) >= 11 is 1.70. The van der Waals surface area contributed by atoms with Crippen molar-refractivity contribution in [2.24, 2.45) is 5.73 Å². The fourth-order valence-corrected chi connectivity index (χ4v) is 2.26. The molecule has 0 aliphatic rings. The smallest absolute Gasteiger partial charge is 0.123 e. The Morgan fingerprint density at radius 1 is 1.47 bits per heavy atom. The minimum atomic E-state index is 0.0345. The summed E-state index contributed by atoms with van der Waals surface area (Å²) in [4.78, 5) is 0. The van der Waals surface area contributed by atoms with Crippen LogP contribution in [-0.4, -0.2) is 24.1 Å². The molecule has 1 aromatic rings. The molecule has 96 valence electrons. The third-order valence-electron chi connectivity index (χ3n) is 2.40. The molecule has 3 N–H and O–H groups in total. The van der Waals surface area contributed by atoms with Crippen molar-refractivity contribution in [2.75, 3.05) is 19.0 Å². The van der Waals surface area contributed by atoms with Gasteiger partial charge in [-0.3, -0.25) is 0 Å². The van der Waals surface area contributed by atoms with E-state index in [1.165, 1.54) is 0 Å². The minimum absolute atomic E-state index is 0.0345. The number of hydrogen-bond acceptors (Lipinski definition) is 4. The molecule has 17 heavy (non-hydrogen) atoms. The van der Waals surface area contributed by atoms with E-state index in [2.05, 4.69) is 6.07 Å². The van der Waals surface area contributed by atoms with Gasteiger partial charge in [0.15, 0.2) is 0 Å². The van der Waals surface area contributed by atoms with Gasteiger partial charge in [-0.1, -0.05) is 6.07 Å². The summed E-state index contributed by atoms with van der Waals surface area (Å²) in [5.74, 6) is 2.51. The Morgan fingerprint density at radius 3 is 2.82 bits per heavy atom. The zero-order chi connectivity index (χ0) is 12.7. The molecule has 0 aliphatic carbocycles. The molecular formula is C13H21NO2S. The van der Waals surface area contributed by atoms with Crippen molar-refractivity contribution in [1.82, 2.24) is 0 Å². The zero-order valence-electron chi connectivity index (χ0n) is 10.5. The van der Waals surface area contributed by atoms with Crippen LogP contribution in [0.5, 0.6) is 5.75 Å². The van der Waals surface area contributed by atoms with E-state index in [9.17, 15) is 0 Å². The first kappa shape index (κ1) is 14.4. The van der Waals surface area contributed by atoms with Crippen molar-refractivity contribution in [1.29, 1.82) is 0 Å². The van der Waals surface area contributed by atoms with Crippen LogP contribution in [0.25, 0.3) is 0 Å². The Bertz CT molecular complexity index is 342. The highest BCUT2D eigenvalue weighted by molar-refractivity contribution is 7.98. The van der Waals surface area contributed by atoms with Gasteiger partial charge in [0, 0.05) is 23.1 Å². The molecule has 1 rings (SSSR count). The van der Waals surface area contributed by atoms with E-state index < -0.39 is 0 Å². The molecule has 3 nitrogen and oxygen atoms in total. The summed E-state index contributed by atoms with van der Waals surface area (Å²) in [6.45, 7) is 4.82. The van der Waals surface area contributed by atoms with Gasteiger partial charge in [-0.05, 0) is 31.5 Å². The first-order valence-electron chi connectivity index (χ1n) is 5.88. The van der Waals surface area contributed by atoms with Gasteiger partial charge < -0.3 is 15.6 Å². The lowest BCUT2D eigenvalue weighted by Gasteiger charge is -2.13. The maximum atomic E-state index is 8.79. The summed E-state index contributed by atoms with van der Waals surface area (Å²) in [7, 11) is 0. The van der Waals surface area contributed by atoms with Crippen molar-refractivity contribution in [3.05, 3.63) is 29.3 Å². The van der Waals surface area contributed by atoms with Gasteiger partial charge in [-0.15, -0.1) is 0 Å². The number of hydrogen-bond donors (Lipinski definition) is 2. The summed E-state index contributed by atoms with van der Waals surface area (Å²) < 4.78 is 5.59. The Labute approximate surface area is 107 Å². The van der Waals surface area contributed by atoms with Crippen molar-refractivity contribution in [2.45, 2.75) is 25.6 Å². The summed E-state index contributed by atoms with van der Waals surface area (Å²) in [5, 5.41) is 8.79. The lowest BCUT2D eigenvalue weighted by atomic mass is 10.1. The zero-order valence-corrected chi connectivity index (χ0v) is 11.3. The molecule has 0 amide bonds. The van der Waals surface area contributed by atoms with Gasteiger partial charge in [-0.2, -0.15) is 11.8 Å². The van der Waals surface area contributed by atoms with E-state index in [0.29, 0.717) is 6.61 Å². The van der Waals surface area contributed by atoms with E-state index in [1.54, 1.807) is 11.8 Å². The van der Waals surface area contributed by atoms with Gasteiger partial charge in [0.2, 0.25) is 0 Å². The third-order valence-corrected chi connectivity index (χ3v) is 3.39. The highest BCUT2D eigenvalue weighted by atomic mass is 32.2. The normalized spacial score (nSPS) is 12.5. The number of thioether (sulfide) groups is 1. The maximum absolute atomic E-state index is 8.79. The van der Waals surface area contributed by atoms with E-state index in [0.717, 1.165) is 28.4 Å². The largest absolute Gasteiger partial charge is 0.494 e. The second-order valence-electron chi connectivity index (χ2n) is 3.87. The van der Waals surface area contributed by atoms with Gasteiger partial charge in [-0.25, -0.2) is 0 Å². The maximum Gasteiger partial charge on any atom is 0.123 e. The molecule has 4 heteroatoms. The standard InChI is InChI=1S/C13H21NO2S/c1-3-16-13-5-4-11(10(2)14)8-12(13)9-17-7-6-15/h4-5,8,10,15H,3,6-7,9,14H2,1-2H3. The van der Waals surface area contributed by atoms with Crippen molar-refractivity contribution in [3.63, 3.8) is 0 Å². The van der Waals surface area contributed by atoms with Crippen LogP contribution >= 0.6 is 11.8 Å². The van der Waals surface area contributed by atoms with Gasteiger partial charge >= 0.3 is 0 Å². The Kier molecular flexibility index (Phi) is 6.40. The highest BCUT2D eigenvalue weighted by Gasteiger charge is 2.07. The SMILES string of the molecule is CCOc1ccc(C(C)N)cc1CSCCO. The average molecular weight is 255 g/mol. The van der Waals surface area contributed by atoms with Crippen LogP contribution < -0.4 is 10.5 Å². The number of ether oxygens (including phenoxy) is 1. The molecule has 0 bridgehead atoms. The van der Waals surface area contributed by atoms with Gasteiger partial charge in [0.25, 0.3) is 0 Å². The fraction of sp³-hybridized carbons (Fsp3) is 0.538. The van der Waals surface area contributed by atoms with E-state index in [1.807, 2.05) is 26.0 Å². The molecule has 0 aliphatic heterocycles. The van der Waals surface area contributed by atoms with Crippen molar-refractivity contribution < 1.29 is 9.84 Å².